The third-order valence-electron chi connectivity index (χ3n) is 22.1. The zero-order valence-electron chi connectivity index (χ0n) is 70.1. The van der Waals surface area contributed by atoms with Crippen LogP contribution >= 0.6 is 0 Å². The SMILES string of the molecule is CC1C(OCCCCC(=O)CCCCCC(=O)CCOCC(COCCC(=O)CCCCCC(=O)CCCCOC2OC(CO)C(O)C(O)C2C)(COCCC(=O)NCCCNC(=O)CCCCOC2OC(CO)C(O)C(O)C2C)CC(=O)CCCCCCCCCCC(=O)N2C[C@H](O)C[C@H]2COC(C)(C)C)OC(CO)C(O)C1O. The minimum absolute atomic E-state index is 0.00900. The van der Waals surface area contributed by atoms with Crippen molar-refractivity contribution in [2.75, 3.05) is 106 Å². The van der Waals surface area contributed by atoms with Crippen LogP contribution in [0.15, 0.2) is 0 Å². The largest absolute Gasteiger partial charge is 0.394 e. The smallest absolute Gasteiger partial charge is 0.222 e. The van der Waals surface area contributed by atoms with Crippen molar-refractivity contribution in [3.05, 3.63) is 0 Å². The summed E-state index contributed by atoms with van der Waals surface area (Å²) in [5, 5.41) is 106. The predicted octanol–water partition coefficient (Wildman–Crippen LogP) is 5.42. The van der Waals surface area contributed by atoms with E-state index in [0.29, 0.717) is 148 Å². The second kappa shape index (κ2) is 58.8. The average molecular weight is 1650 g/mol. The number of nitrogens with one attached hydrogen (secondary N) is 2. The second-order valence-electron chi connectivity index (χ2n) is 33.5. The maximum Gasteiger partial charge on any atom is 0.222 e. The van der Waals surface area contributed by atoms with Crippen molar-refractivity contribution in [1.82, 2.24) is 15.5 Å². The molecular formula is C84H149N3O28. The summed E-state index contributed by atoms with van der Waals surface area (Å²) in [4.78, 5) is 107. The molecular weight excluding hydrogens is 1500 g/mol. The summed E-state index contributed by atoms with van der Waals surface area (Å²) in [5.74, 6) is -1.88. The summed E-state index contributed by atoms with van der Waals surface area (Å²) in [6.45, 7) is 11.6. The van der Waals surface area contributed by atoms with E-state index in [1.807, 2.05) is 20.8 Å². The van der Waals surface area contributed by atoms with Crippen molar-refractivity contribution in [2.24, 2.45) is 23.2 Å². The summed E-state index contributed by atoms with van der Waals surface area (Å²) in [7, 11) is 0. The lowest BCUT2D eigenvalue weighted by atomic mass is 9.83. The molecule has 17 atom stereocenters. The summed E-state index contributed by atoms with van der Waals surface area (Å²) in [6.07, 6.45) is 5.30. The Hall–Kier alpha value is -4.04. The molecule has 0 spiro atoms. The Morgan fingerprint density at radius 3 is 1.09 bits per heavy atom. The number of carbonyl (C=O) groups excluding carboxylic acids is 8. The van der Waals surface area contributed by atoms with Crippen LogP contribution in [0.4, 0.5) is 0 Å². The molecule has 0 saturated carbocycles. The Kier molecular flexibility index (Phi) is 52.9. The Labute approximate surface area is 682 Å². The van der Waals surface area contributed by atoms with Crippen LogP contribution in [-0.2, 0) is 85.7 Å². The molecule has 15 unspecified atom stereocenters. The fourth-order valence-corrected chi connectivity index (χ4v) is 14.6. The summed E-state index contributed by atoms with van der Waals surface area (Å²) in [5.41, 5.74) is -1.43. The van der Waals surface area contributed by atoms with Crippen LogP contribution in [0.3, 0.4) is 0 Å². The van der Waals surface area contributed by atoms with Gasteiger partial charge in [0, 0.05) is 146 Å². The van der Waals surface area contributed by atoms with Gasteiger partial charge >= 0.3 is 0 Å². The number of hydrogen-bond donors (Lipinski definition) is 12. The second-order valence-corrected chi connectivity index (χ2v) is 33.5. The number of ether oxygens (including phenoxy) is 10. The highest BCUT2D eigenvalue weighted by atomic mass is 16.7. The van der Waals surface area contributed by atoms with Gasteiger partial charge in [-0.05, 0) is 111 Å². The molecule has 0 aromatic heterocycles. The first kappa shape index (κ1) is 103. The maximum absolute atomic E-state index is 14.2. The van der Waals surface area contributed by atoms with Crippen molar-refractivity contribution in [3.63, 3.8) is 0 Å². The van der Waals surface area contributed by atoms with E-state index in [4.69, 9.17) is 47.4 Å². The van der Waals surface area contributed by atoms with Gasteiger partial charge in [-0.15, -0.1) is 0 Å². The number of aliphatic hydroxyl groups excluding tert-OH is 10. The number of ketones is 5. The van der Waals surface area contributed by atoms with Crippen molar-refractivity contribution in [1.29, 1.82) is 0 Å². The zero-order chi connectivity index (χ0) is 84.6. The fourth-order valence-electron chi connectivity index (χ4n) is 14.6. The van der Waals surface area contributed by atoms with E-state index in [2.05, 4.69) is 10.6 Å². The highest BCUT2D eigenvalue weighted by Crippen LogP contribution is 2.32. The number of β-amino-alcohol motifs (C(OH)–C–C–N with tert-alkyl or cyclic N) is 1. The third-order valence-corrected chi connectivity index (χ3v) is 22.1. The molecule has 4 heterocycles. The molecule has 0 aromatic rings. The van der Waals surface area contributed by atoms with Gasteiger partial charge in [0.2, 0.25) is 17.7 Å². The molecule has 668 valence electrons. The zero-order valence-corrected chi connectivity index (χ0v) is 70.1. The lowest BCUT2D eigenvalue weighted by molar-refractivity contribution is -0.282. The first-order valence-electron chi connectivity index (χ1n) is 43.2. The van der Waals surface area contributed by atoms with Gasteiger partial charge in [-0.2, -0.15) is 0 Å². The van der Waals surface area contributed by atoms with E-state index >= 15 is 0 Å². The van der Waals surface area contributed by atoms with E-state index in [0.717, 1.165) is 44.9 Å². The number of likely N-dealkylation sites (tertiary alicyclic amines) is 1. The van der Waals surface area contributed by atoms with Gasteiger partial charge < -0.3 is 114 Å². The normalized spacial score (nSPS) is 26.4. The summed E-state index contributed by atoms with van der Waals surface area (Å²) >= 11 is 0. The first-order valence-corrected chi connectivity index (χ1v) is 43.2. The number of carbonyl (C=O) groups is 8. The molecule has 4 fully saturated rings. The number of hydrogen-bond acceptors (Lipinski definition) is 28. The Morgan fingerprint density at radius 1 is 0.383 bits per heavy atom. The number of Topliss-reactive ketones (excluding diaryl/α,β-unsaturated/α-hetero) is 5. The molecule has 4 aliphatic rings. The summed E-state index contributed by atoms with van der Waals surface area (Å²) < 4.78 is 58.8. The molecule has 4 aliphatic heterocycles. The number of amides is 3. The van der Waals surface area contributed by atoms with Crippen LogP contribution in [0.1, 0.15) is 266 Å². The van der Waals surface area contributed by atoms with Crippen LogP contribution in [0, 0.1) is 23.2 Å². The lowest BCUT2D eigenvalue weighted by Gasteiger charge is -2.40. The van der Waals surface area contributed by atoms with E-state index < -0.39 is 123 Å². The van der Waals surface area contributed by atoms with Gasteiger partial charge in [0.1, 0.15) is 65.5 Å². The molecule has 0 radical (unpaired) electrons. The van der Waals surface area contributed by atoms with Crippen molar-refractivity contribution in [3.8, 4) is 0 Å². The Bertz CT molecular complexity index is 2490. The van der Waals surface area contributed by atoms with Gasteiger partial charge in [-0.25, -0.2) is 0 Å². The molecule has 31 heteroatoms. The standard InChI is InChI=1S/C84H149N3O28/c1-58-74(100)77(103)68(51-88)113-80(58)109-42-24-21-32-62(91)28-16-13-18-30-64(93)37-45-106-55-84(49-66(95)34-15-11-9-7-8-10-12-20-36-73(99)87-50-67(96)48-61(87)54-112-83(4,5)6,56-107-46-38-65(94)31-19-14-17-29-63(92)33-22-25-43-110-81-59(2)75(101)78(104)69(52-89)114-81)57-108-47-39-72(98)86-41-27-40-85-71(97)35-23-26-44-111-82-60(3)76(102)79(105)70(53-90)115-82/h58-61,67-70,74-82,88-90,96,100-105H,7-57H2,1-6H3,(H,85,97)(H,86,98)/t58?,59?,60?,61-,67+,68?,69?,70?,74?,75?,76?,77?,78?,79?,80?,81?,82?,84?/m0/s1. The molecule has 4 saturated heterocycles. The van der Waals surface area contributed by atoms with E-state index in [9.17, 15) is 89.4 Å². The summed E-state index contributed by atoms with van der Waals surface area (Å²) in [6, 6.07) is -0.136. The van der Waals surface area contributed by atoms with Gasteiger partial charge in [-0.3, -0.25) is 38.4 Å². The van der Waals surface area contributed by atoms with E-state index in [1.54, 1.807) is 25.7 Å². The van der Waals surface area contributed by atoms with Gasteiger partial charge in [-0.1, -0.05) is 72.1 Å². The fraction of sp³-hybridized carbons (Fsp3) is 0.905. The van der Waals surface area contributed by atoms with E-state index in [1.165, 1.54) is 0 Å². The predicted molar refractivity (Wildman–Crippen MR) is 423 cm³/mol. The van der Waals surface area contributed by atoms with Crippen molar-refractivity contribution >= 4 is 46.6 Å². The number of rotatable bonds is 67. The van der Waals surface area contributed by atoms with Gasteiger partial charge in [0.25, 0.3) is 0 Å². The first-order chi connectivity index (χ1) is 55.0. The van der Waals surface area contributed by atoms with Crippen LogP contribution in [0.5, 0.6) is 0 Å². The molecule has 3 amide bonds. The van der Waals surface area contributed by atoms with Crippen LogP contribution < -0.4 is 10.6 Å². The molecule has 115 heavy (non-hydrogen) atoms. The Morgan fingerprint density at radius 2 is 0.704 bits per heavy atom. The van der Waals surface area contributed by atoms with Crippen LogP contribution in [0.25, 0.3) is 0 Å². The molecule has 0 aromatic carbocycles. The highest BCUT2D eigenvalue weighted by molar-refractivity contribution is 5.81. The average Bonchev–Trinajstić information content (AvgIpc) is 1.85. The van der Waals surface area contributed by atoms with Crippen LogP contribution in [0.2, 0.25) is 0 Å². The number of unbranched alkanes of at least 4 members (excludes halogenated alkanes) is 14. The lowest BCUT2D eigenvalue weighted by Crippen LogP contribution is -2.55. The highest BCUT2D eigenvalue weighted by Gasteiger charge is 2.45. The van der Waals surface area contributed by atoms with Crippen molar-refractivity contribution in [2.45, 2.75) is 358 Å². The number of nitrogens with zero attached hydrogens (tertiary/aromatic N) is 1. The molecule has 0 aliphatic carbocycles. The molecule has 12 N–H and O–H groups in total. The quantitative estimate of drug-likeness (QED) is 0.0338. The Balaban J connectivity index is 1.28. The third kappa shape index (κ3) is 42.4. The number of aliphatic hydroxyl groups is 10. The molecule has 4 rings (SSSR count). The van der Waals surface area contributed by atoms with E-state index in [-0.39, 0.29) is 176 Å². The van der Waals surface area contributed by atoms with Gasteiger partial charge in [0.05, 0.1) is 102 Å². The minimum atomic E-state index is -1.23. The van der Waals surface area contributed by atoms with Crippen molar-refractivity contribution < 1.29 is 137 Å². The monoisotopic (exact) mass is 1650 g/mol. The molecule has 31 nitrogen and oxygen atoms in total. The minimum Gasteiger partial charge on any atom is -0.394 e. The topological polar surface area (TPSA) is 458 Å². The van der Waals surface area contributed by atoms with Crippen LogP contribution in [-0.4, -0.2) is 300 Å². The molecule has 0 bridgehead atoms. The maximum atomic E-state index is 14.2. The van der Waals surface area contributed by atoms with Gasteiger partial charge in [0.15, 0.2) is 18.9 Å².